The Morgan fingerprint density at radius 2 is 1.79 bits per heavy atom. The van der Waals surface area contributed by atoms with Crippen LogP contribution in [0.1, 0.15) is 41.0 Å². The summed E-state index contributed by atoms with van der Waals surface area (Å²) in [6.07, 6.45) is 0.568. The first kappa shape index (κ1) is 17.9. The summed E-state index contributed by atoms with van der Waals surface area (Å²) in [5.41, 5.74) is 3.63. The third-order valence-electron chi connectivity index (χ3n) is 3.04. The van der Waals surface area contributed by atoms with Gasteiger partial charge in [-0.1, -0.05) is 20.3 Å². The summed E-state index contributed by atoms with van der Waals surface area (Å²) >= 11 is 0. The van der Waals surface area contributed by atoms with Crippen molar-refractivity contribution >= 4 is 11.9 Å². The Morgan fingerprint density at radius 3 is 2.11 bits per heavy atom. The van der Waals surface area contributed by atoms with Gasteiger partial charge in [0.2, 0.25) is 0 Å². The maximum atomic E-state index is 12.3. The molecule has 19 heavy (non-hydrogen) atoms. The number of hydroxylamine groups is 2. The number of rotatable bonds is 5. The van der Waals surface area contributed by atoms with Crippen LogP contribution in [0.3, 0.4) is 0 Å². The van der Waals surface area contributed by atoms with Gasteiger partial charge in [0, 0.05) is 7.05 Å². The summed E-state index contributed by atoms with van der Waals surface area (Å²) in [6.45, 7) is 8.79. The molecule has 0 aliphatic carbocycles. The maximum absolute atomic E-state index is 12.3. The van der Waals surface area contributed by atoms with Gasteiger partial charge in [0.1, 0.15) is 5.60 Å². The predicted octanol–water partition coefficient (Wildman–Crippen LogP) is 1.09. The lowest BCUT2D eigenvalue weighted by atomic mass is 9.83. The van der Waals surface area contributed by atoms with Crippen LogP contribution >= 0.6 is 0 Å². The van der Waals surface area contributed by atoms with Crippen molar-refractivity contribution in [1.29, 1.82) is 0 Å². The van der Waals surface area contributed by atoms with E-state index in [1.54, 1.807) is 27.7 Å². The molecule has 6 nitrogen and oxygen atoms in total. The highest BCUT2D eigenvalue weighted by Crippen LogP contribution is 2.24. The molecule has 0 aromatic carbocycles. The molecule has 0 unspecified atom stereocenters. The van der Waals surface area contributed by atoms with Gasteiger partial charge in [-0.2, -0.15) is 0 Å². The van der Waals surface area contributed by atoms with E-state index in [9.17, 15) is 9.59 Å². The molecule has 0 aliphatic heterocycles. The third kappa shape index (κ3) is 4.18. The summed E-state index contributed by atoms with van der Waals surface area (Å²) in [4.78, 5) is 29.4. The number of nitrogens with two attached hydrogens (primary N) is 1. The minimum Gasteiger partial charge on any atom is -0.458 e. The van der Waals surface area contributed by atoms with Crippen molar-refractivity contribution in [2.24, 2.45) is 11.7 Å². The van der Waals surface area contributed by atoms with Gasteiger partial charge in [-0.15, -0.1) is 0 Å². The van der Waals surface area contributed by atoms with E-state index in [1.165, 1.54) is 14.2 Å². The van der Waals surface area contributed by atoms with E-state index in [-0.39, 0.29) is 5.92 Å². The molecule has 2 N–H and O–H groups in total. The molecule has 0 heterocycles. The van der Waals surface area contributed by atoms with Crippen molar-refractivity contribution in [1.82, 2.24) is 5.06 Å². The van der Waals surface area contributed by atoms with Crippen molar-refractivity contribution < 1.29 is 19.2 Å². The number of carbonyl (C=O) groups is 2. The Morgan fingerprint density at radius 1 is 1.32 bits per heavy atom. The zero-order valence-corrected chi connectivity index (χ0v) is 12.9. The van der Waals surface area contributed by atoms with E-state index in [4.69, 9.17) is 15.3 Å². The summed E-state index contributed by atoms with van der Waals surface area (Å²) in [6, 6.07) is 0. The average Bonchev–Trinajstić information content (AvgIpc) is 2.32. The first-order valence-electron chi connectivity index (χ1n) is 6.35. The molecule has 0 radical (unpaired) electrons. The van der Waals surface area contributed by atoms with Gasteiger partial charge in [0.25, 0.3) is 5.91 Å². The zero-order chi connectivity index (χ0) is 15.4. The molecule has 0 rings (SSSR count). The van der Waals surface area contributed by atoms with Crippen LogP contribution in [0.5, 0.6) is 0 Å². The van der Waals surface area contributed by atoms with Crippen LogP contribution in [-0.2, 0) is 19.2 Å². The van der Waals surface area contributed by atoms with Crippen molar-refractivity contribution in [3.05, 3.63) is 0 Å². The number of likely N-dealkylation sites (N-methyl/N-ethyl adjacent to an activating group) is 1. The molecule has 0 saturated carbocycles. The highest BCUT2D eigenvalue weighted by Gasteiger charge is 2.50. The minimum atomic E-state index is -1.74. The Balaban J connectivity index is 5.42. The van der Waals surface area contributed by atoms with Crippen LogP contribution in [0, 0.1) is 5.92 Å². The van der Waals surface area contributed by atoms with Crippen LogP contribution < -0.4 is 5.73 Å². The summed E-state index contributed by atoms with van der Waals surface area (Å²) in [5.74, 6) is -1.71. The monoisotopic (exact) mass is 274 g/mol. The number of hydrogen-bond acceptors (Lipinski definition) is 5. The van der Waals surface area contributed by atoms with Crippen molar-refractivity contribution in [2.45, 2.75) is 52.2 Å². The fourth-order valence-electron chi connectivity index (χ4n) is 1.53. The quantitative estimate of drug-likeness (QED) is 0.461. The van der Waals surface area contributed by atoms with Crippen molar-refractivity contribution in [2.75, 3.05) is 14.2 Å². The van der Waals surface area contributed by atoms with Gasteiger partial charge in [0.15, 0.2) is 5.54 Å². The average molecular weight is 274 g/mol. The first-order valence-corrected chi connectivity index (χ1v) is 6.35. The molecule has 0 aromatic rings. The smallest absolute Gasteiger partial charge is 0.336 e. The SMILES string of the molecule is CC[C@H](C)[C@@](N)(C(=O)OC(C)(C)C)C(=O)N(C)OC. The number of amides is 1. The third-order valence-corrected chi connectivity index (χ3v) is 3.04. The molecular weight excluding hydrogens is 248 g/mol. The van der Waals surface area contributed by atoms with E-state index in [2.05, 4.69) is 0 Å². The van der Waals surface area contributed by atoms with E-state index in [0.29, 0.717) is 6.42 Å². The van der Waals surface area contributed by atoms with Crippen molar-refractivity contribution in [3.8, 4) is 0 Å². The summed E-state index contributed by atoms with van der Waals surface area (Å²) in [7, 11) is 2.75. The van der Waals surface area contributed by atoms with Gasteiger partial charge in [-0.05, 0) is 26.7 Å². The van der Waals surface area contributed by atoms with Gasteiger partial charge in [0.05, 0.1) is 7.11 Å². The first-order chi connectivity index (χ1) is 8.50. The fourth-order valence-corrected chi connectivity index (χ4v) is 1.53. The number of nitrogens with zero attached hydrogens (tertiary/aromatic N) is 1. The number of carbonyl (C=O) groups excluding carboxylic acids is 2. The molecule has 0 spiro atoms. The lowest BCUT2D eigenvalue weighted by molar-refractivity contribution is -0.187. The second-order valence-corrected chi connectivity index (χ2v) is 5.67. The maximum Gasteiger partial charge on any atom is 0.336 e. The normalized spacial score (nSPS) is 16.4. The molecule has 0 aliphatic rings. The Kier molecular flexibility index (Phi) is 5.96. The molecule has 0 aromatic heterocycles. The molecule has 1 amide bonds. The van der Waals surface area contributed by atoms with Crippen LogP contribution in [0.2, 0.25) is 0 Å². The largest absolute Gasteiger partial charge is 0.458 e. The molecule has 0 bridgehead atoms. The Labute approximate surface area is 115 Å². The van der Waals surface area contributed by atoms with Gasteiger partial charge < -0.3 is 10.5 Å². The number of ether oxygens (including phenoxy) is 1. The van der Waals surface area contributed by atoms with Crippen molar-refractivity contribution in [3.63, 3.8) is 0 Å². The second-order valence-electron chi connectivity index (χ2n) is 5.67. The molecule has 2 atom stereocenters. The second kappa shape index (κ2) is 6.34. The Bertz CT molecular complexity index is 338. The van der Waals surface area contributed by atoms with E-state index in [0.717, 1.165) is 5.06 Å². The van der Waals surface area contributed by atoms with Gasteiger partial charge >= 0.3 is 5.97 Å². The predicted molar refractivity (Wildman–Crippen MR) is 72.0 cm³/mol. The van der Waals surface area contributed by atoms with Crippen LogP contribution in [0.15, 0.2) is 0 Å². The number of hydrogen-bond donors (Lipinski definition) is 1. The van der Waals surface area contributed by atoms with E-state index in [1.807, 2.05) is 6.92 Å². The molecule has 0 fully saturated rings. The molecule has 6 heteroatoms. The van der Waals surface area contributed by atoms with Gasteiger partial charge in [-0.3, -0.25) is 9.63 Å². The standard InChI is InChI=1S/C13H26N2O4/c1-8-9(2)13(14,10(16)15(6)18-7)11(17)19-12(3,4)5/h9H,8,14H2,1-7H3/t9-,13-/m0/s1. The van der Waals surface area contributed by atoms with E-state index >= 15 is 0 Å². The number of esters is 1. The lowest BCUT2D eigenvalue weighted by Crippen LogP contribution is -2.64. The topological polar surface area (TPSA) is 81.9 Å². The summed E-state index contributed by atoms with van der Waals surface area (Å²) in [5, 5.41) is 0.954. The molecule has 112 valence electrons. The lowest BCUT2D eigenvalue weighted by Gasteiger charge is -2.35. The minimum absolute atomic E-state index is 0.368. The highest BCUT2D eigenvalue weighted by molar-refractivity contribution is 6.07. The van der Waals surface area contributed by atoms with Gasteiger partial charge in [-0.25, -0.2) is 9.86 Å². The molecule has 0 saturated heterocycles. The zero-order valence-electron chi connectivity index (χ0n) is 12.9. The summed E-state index contributed by atoms with van der Waals surface area (Å²) < 4.78 is 5.27. The van der Waals surface area contributed by atoms with Crippen LogP contribution in [-0.4, -0.2) is 42.2 Å². The van der Waals surface area contributed by atoms with E-state index < -0.39 is 23.0 Å². The molecular formula is C13H26N2O4. The van der Waals surface area contributed by atoms with Crippen LogP contribution in [0.25, 0.3) is 0 Å². The Hall–Kier alpha value is -1.14. The highest BCUT2D eigenvalue weighted by atomic mass is 16.7. The fraction of sp³-hybridized carbons (Fsp3) is 0.846. The van der Waals surface area contributed by atoms with Crippen LogP contribution in [0.4, 0.5) is 0 Å².